The summed E-state index contributed by atoms with van der Waals surface area (Å²) < 4.78 is 5.21. The van der Waals surface area contributed by atoms with Gasteiger partial charge in [0.15, 0.2) is 0 Å². The Labute approximate surface area is 431 Å². The Kier molecular flexibility index (Phi) is 9.63. The summed E-state index contributed by atoms with van der Waals surface area (Å²) in [5, 5.41) is 5.21. The molecule has 1 atom stereocenters. The van der Waals surface area contributed by atoms with Crippen LogP contribution in [0.25, 0.3) is 57.0 Å². The van der Waals surface area contributed by atoms with Crippen LogP contribution in [0.1, 0.15) is 35.1 Å². The van der Waals surface area contributed by atoms with Gasteiger partial charge in [-0.3, -0.25) is 0 Å². The van der Waals surface area contributed by atoms with Crippen LogP contribution in [-0.2, 0) is 5.41 Å². The first-order chi connectivity index (χ1) is 35.7. The Bertz CT molecular complexity index is 4190. The average molecular weight is 973 g/mol. The third-order valence-corrected chi connectivity index (χ3v) is 18.6. The Morgan fingerprint density at radius 3 is 1.85 bits per heavy atom. The first-order valence-electron chi connectivity index (χ1n) is 24.8. The van der Waals surface area contributed by atoms with E-state index in [4.69, 9.17) is 0 Å². The zero-order chi connectivity index (χ0) is 47.3. The number of anilines is 6. The smallest absolute Gasteiger partial charge is 0.0699 e. The van der Waals surface area contributed by atoms with Crippen molar-refractivity contribution in [2.24, 2.45) is 0 Å². The van der Waals surface area contributed by atoms with Crippen LogP contribution in [0, 0.1) is 0 Å². The van der Waals surface area contributed by atoms with Crippen molar-refractivity contribution in [3.63, 3.8) is 0 Å². The maximum Gasteiger partial charge on any atom is 0.0699 e. The van der Waals surface area contributed by atoms with Gasteiger partial charge in [0.2, 0.25) is 0 Å². The number of fused-ring (bicyclic) bond motifs is 14. The van der Waals surface area contributed by atoms with Gasteiger partial charge in [0, 0.05) is 73.9 Å². The number of benzene rings is 10. The van der Waals surface area contributed by atoms with E-state index < -0.39 is 5.41 Å². The van der Waals surface area contributed by atoms with Crippen LogP contribution >= 0.6 is 34.4 Å². The lowest BCUT2D eigenvalue weighted by Gasteiger charge is -2.42. The highest BCUT2D eigenvalue weighted by molar-refractivity contribution is 7.99. The summed E-state index contributed by atoms with van der Waals surface area (Å²) in [4.78, 5) is 7.51. The molecule has 2 nitrogen and oxygen atoms in total. The predicted molar refractivity (Wildman–Crippen MR) is 309 cm³/mol. The van der Waals surface area contributed by atoms with Crippen molar-refractivity contribution in [1.82, 2.24) is 0 Å². The van der Waals surface area contributed by atoms with Crippen molar-refractivity contribution in [1.29, 1.82) is 0 Å². The van der Waals surface area contributed by atoms with Gasteiger partial charge in [-0.15, -0.1) is 22.7 Å². The summed E-state index contributed by atoms with van der Waals surface area (Å²) >= 11 is 5.76. The summed E-state index contributed by atoms with van der Waals surface area (Å²) in [6.45, 7) is 0. The fourth-order valence-corrected chi connectivity index (χ4v) is 15.7. The predicted octanol–water partition coefficient (Wildman–Crippen LogP) is 19.9. The van der Waals surface area contributed by atoms with Gasteiger partial charge in [-0.1, -0.05) is 170 Å². The number of allylic oxidation sites excluding steroid dienone is 4. The normalized spacial score (nSPS) is 15.6. The molecule has 0 amide bonds. The second-order valence-electron chi connectivity index (χ2n) is 19.0. The monoisotopic (exact) mass is 972 g/mol. The van der Waals surface area contributed by atoms with Gasteiger partial charge in [0.25, 0.3) is 0 Å². The maximum absolute atomic E-state index is 2.58. The van der Waals surface area contributed by atoms with Crippen molar-refractivity contribution in [3.05, 3.63) is 271 Å². The molecule has 1 aliphatic heterocycles. The quantitative estimate of drug-likeness (QED) is 0.157. The van der Waals surface area contributed by atoms with Crippen molar-refractivity contribution in [2.75, 3.05) is 9.80 Å². The molecular formula is C67H44N2S3. The molecule has 5 heteroatoms. The maximum atomic E-state index is 2.58. The highest BCUT2D eigenvalue weighted by atomic mass is 32.2. The molecule has 0 N–H and O–H groups in total. The highest BCUT2D eigenvalue weighted by Gasteiger charge is 2.51. The van der Waals surface area contributed by atoms with E-state index in [-0.39, 0.29) is 0 Å². The lowest BCUT2D eigenvalue weighted by atomic mass is 9.65. The first kappa shape index (κ1) is 41.8. The van der Waals surface area contributed by atoms with Gasteiger partial charge in [0.1, 0.15) is 0 Å². The molecule has 340 valence electrons. The van der Waals surface area contributed by atoms with E-state index in [1.165, 1.54) is 100 Å². The standard InChI is InChI=1S/C67H44N2S3/c1-4-17-43(18-5-1)44-31-33-47(34-32-44)68(45-19-6-2-7-20-45)48-35-37-53-55-41-65-59(42-63(55)70-62(53)39-48)67(56-27-13-10-23-50(56)51-24-11-14-28-57(51)67)58-38-36-49(40-64(58)71-65)69(46-21-8-3-9-22-46)60-29-16-26-54-52-25-12-15-30-61(52)72-66(54)60/h1-13,15-27,29-42H,14,28H2. The third-order valence-electron chi connectivity index (χ3n) is 15.2. The topological polar surface area (TPSA) is 6.48 Å². The van der Waals surface area contributed by atoms with E-state index in [2.05, 4.69) is 252 Å². The van der Waals surface area contributed by atoms with Crippen LogP contribution in [0.5, 0.6) is 0 Å². The number of nitrogens with zero attached hydrogens (tertiary/aromatic N) is 2. The fourth-order valence-electron chi connectivity index (χ4n) is 12.1. The minimum atomic E-state index is -0.431. The number of para-hydroxylation sites is 2. The molecular weight excluding hydrogens is 929 g/mol. The molecule has 3 aliphatic rings. The average Bonchev–Trinajstić information content (AvgIpc) is 4.10. The molecule has 0 radical (unpaired) electrons. The Hall–Kier alpha value is -7.93. The van der Waals surface area contributed by atoms with Crippen LogP contribution in [0.3, 0.4) is 0 Å². The highest BCUT2D eigenvalue weighted by Crippen LogP contribution is 2.64. The molecule has 3 heterocycles. The Balaban J connectivity index is 0.916. The van der Waals surface area contributed by atoms with Gasteiger partial charge in [-0.05, 0) is 142 Å². The second-order valence-corrected chi connectivity index (χ2v) is 22.3. The third kappa shape index (κ3) is 6.34. The molecule has 1 unspecified atom stereocenters. The molecule has 2 aliphatic carbocycles. The Morgan fingerprint density at radius 2 is 1.01 bits per heavy atom. The summed E-state index contributed by atoms with van der Waals surface area (Å²) in [6, 6.07) is 85.8. The van der Waals surface area contributed by atoms with E-state index in [1.807, 2.05) is 34.4 Å². The van der Waals surface area contributed by atoms with Crippen LogP contribution < -0.4 is 9.80 Å². The van der Waals surface area contributed by atoms with Gasteiger partial charge < -0.3 is 9.80 Å². The molecule has 0 saturated carbocycles. The number of rotatable bonds is 7. The molecule has 12 aromatic rings. The summed E-state index contributed by atoms with van der Waals surface area (Å²) in [6.07, 6.45) is 6.85. The lowest BCUT2D eigenvalue weighted by Crippen LogP contribution is -2.33. The minimum Gasteiger partial charge on any atom is -0.310 e. The van der Waals surface area contributed by atoms with Gasteiger partial charge >= 0.3 is 0 Å². The SMILES string of the molecule is C1=CC2=C(CC1)C1(c3ccc(N(c4ccccc4)c4cccc5c4sc4ccccc45)cc3Sc3cc4c(cc31)sc1cc(N(c3ccccc3)c3ccc(-c5ccccc5)cc3)ccc14)c1ccccc12. The van der Waals surface area contributed by atoms with Crippen molar-refractivity contribution in [3.8, 4) is 11.1 Å². The Morgan fingerprint density at radius 1 is 0.389 bits per heavy atom. The minimum absolute atomic E-state index is 0.431. The van der Waals surface area contributed by atoms with Crippen LogP contribution in [0.4, 0.5) is 34.1 Å². The molecule has 72 heavy (non-hydrogen) atoms. The summed E-state index contributed by atoms with van der Waals surface area (Å²) in [5.74, 6) is 0. The fraction of sp³-hybridized carbons (Fsp3) is 0.0448. The van der Waals surface area contributed by atoms with E-state index in [9.17, 15) is 0 Å². The van der Waals surface area contributed by atoms with Crippen molar-refractivity contribution < 1.29 is 0 Å². The molecule has 1 spiro atoms. The molecule has 0 fully saturated rings. The van der Waals surface area contributed by atoms with Gasteiger partial charge in [-0.2, -0.15) is 0 Å². The van der Waals surface area contributed by atoms with E-state index in [0.29, 0.717) is 0 Å². The van der Waals surface area contributed by atoms with Gasteiger partial charge in [-0.25, -0.2) is 0 Å². The summed E-state index contributed by atoms with van der Waals surface area (Å²) in [7, 11) is 0. The zero-order valence-electron chi connectivity index (χ0n) is 39.1. The first-order valence-corrected chi connectivity index (χ1v) is 27.2. The molecule has 2 aromatic heterocycles. The van der Waals surface area contributed by atoms with Gasteiger partial charge in [0.05, 0.1) is 15.8 Å². The van der Waals surface area contributed by atoms with E-state index in [0.717, 1.165) is 41.3 Å². The van der Waals surface area contributed by atoms with Crippen LogP contribution in [0.2, 0.25) is 0 Å². The number of hydrogen-bond acceptors (Lipinski definition) is 5. The van der Waals surface area contributed by atoms with Crippen molar-refractivity contribution in [2.45, 2.75) is 28.0 Å². The largest absolute Gasteiger partial charge is 0.310 e. The molecule has 15 rings (SSSR count). The van der Waals surface area contributed by atoms with Crippen molar-refractivity contribution >= 4 is 114 Å². The second kappa shape index (κ2) is 16.6. The van der Waals surface area contributed by atoms with Crippen LogP contribution in [0.15, 0.2) is 258 Å². The number of thiophene rings is 2. The summed E-state index contributed by atoms with van der Waals surface area (Å²) in [5.41, 5.74) is 17.4. The molecule has 0 saturated heterocycles. The molecule has 10 aromatic carbocycles. The lowest BCUT2D eigenvalue weighted by molar-refractivity contribution is 0.665. The van der Waals surface area contributed by atoms with E-state index >= 15 is 0 Å². The number of hydrogen-bond donors (Lipinski definition) is 0. The van der Waals surface area contributed by atoms with Crippen LogP contribution in [-0.4, -0.2) is 0 Å². The molecule has 0 bridgehead atoms. The van der Waals surface area contributed by atoms with E-state index in [1.54, 1.807) is 0 Å². The zero-order valence-corrected chi connectivity index (χ0v) is 41.6.